The standard InChI is InChI=1S/C7H6ClF3OS/c1-12-5-3-2-4(13-5)6(8)7(9,10)11/h2-3,6H,1H3. The maximum atomic E-state index is 12.1. The van der Waals surface area contributed by atoms with E-state index < -0.39 is 11.6 Å². The molecule has 0 N–H and O–H groups in total. The lowest BCUT2D eigenvalue weighted by Crippen LogP contribution is -2.14. The lowest BCUT2D eigenvalue weighted by Gasteiger charge is -2.10. The zero-order chi connectivity index (χ0) is 10.1. The summed E-state index contributed by atoms with van der Waals surface area (Å²) in [5.41, 5.74) is 0. The lowest BCUT2D eigenvalue weighted by atomic mass is 10.3. The van der Waals surface area contributed by atoms with Gasteiger partial charge in [-0.2, -0.15) is 13.2 Å². The summed E-state index contributed by atoms with van der Waals surface area (Å²) >= 11 is 6.08. The number of halogens is 4. The van der Waals surface area contributed by atoms with Gasteiger partial charge in [-0.05, 0) is 12.1 Å². The lowest BCUT2D eigenvalue weighted by molar-refractivity contribution is -0.131. The summed E-state index contributed by atoms with van der Waals surface area (Å²) in [5, 5.41) is -1.52. The predicted octanol–water partition coefficient (Wildman–Crippen LogP) is 3.60. The fourth-order valence-corrected chi connectivity index (χ4v) is 1.77. The van der Waals surface area contributed by atoms with Gasteiger partial charge in [-0.15, -0.1) is 22.9 Å². The summed E-state index contributed by atoms with van der Waals surface area (Å²) in [7, 11) is 1.40. The molecule has 0 bridgehead atoms. The average Bonchev–Trinajstić information content (AvgIpc) is 2.48. The predicted molar refractivity (Wildman–Crippen MR) is 45.5 cm³/mol. The van der Waals surface area contributed by atoms with Crippen LogP contribution in [0.1, 0.15) is 10.3 Å². The molecule has 1 rings (SSSR count). The minimum Gasteiger partial charge on any atom is -0.487 e. The van der Waals surface area contributed by atoms with Crippen molar-refractivity contribution in [3.63, 3.8) is 0 Å². The Balaban J connectivity index is 2.83. The first-order chi connectivity index (χ1) is 5.95. The molecular weight excluding hydrogens is 225 g/mol. The number of methoxy groups -OCH3 is 1. The van der Waals surface area contributed by atoms with Crippen LogP contribution in [-0.2, 0) is 0 Å². The van der Waals surface area contributed by atoms with Crippen LogP contribution in [0.2, 0.25) is 0 Å². The van der Waals surface area contributed by atoms with E-state index in [-0.39, 0.29) is 4.88 Å². The van der Waals surface area contributed by atoms with Crippen LogP contribution < -0.4 is 4.74 Å². The zero-order valence-corrected chi connectivity index (χ0v) is 8.13. The zero-order valence-electron chi connectivity index (χ0n) is 6.56. The molecule has 0 amide bonds. The van der Waals surface area contributed by atoms with Gasteiger partial charge >= 0.3 is 6.18 Å². The fraction of sp³-hybridized carbons (Fsp3) is 0.429. The molecule has 1 aromatic rings. The van der Waals surface area contributed by atoms with Crippen molar-refractivity contribution in [2.45, 2.75) is 11.6 Å². The van der Waals surface area contributed by atoms with Crippen molar-refractivity contribution >= 4 is 22.9 Å². The molecule has 0 aliphatic rings. The Morgan fingerprint density at radius 2 is 2.08 bits per heavy atom. The van der Waals surface area contributed by atoms with Crippen LogP contribution >= 0.6 is 22.9 Å². The molecule has 0 saturated carbocycles. The van der Waals surface area contributed by atoms with Crippen molar-refractivity contribution < 1.29 is 17.9 Å². The van der Waals surface area contributed by atoms with Gasteiger partial charge in [0.15, 0.2) is 10.4 Å². The van der Waals surface area contributed by atoms with Gasteiger partial charge < -0.3 is 4.74 Å². The summed E-state index contributed by atoms with van der Waals surface area (Å²) in [6.07, 6.45) is -4.41. The third kappa shape index (κ3) is 2.51. The molecule has 0 spiro atoms. The van der Waals surface area contributed by atoms with Gasteiger partial charge in [0.05, 0.1) is 7.11 Å². The molecule has 1 atom stereocenters. The van der Waals surface area contributed by atoms with E-state index in [0.717, 1.165) is 11.3 Å². The van der Waals surface area contributed by atoms with E-state index in [1.54, 1.807) is 0 Å². The molecule has 0 aliphatic heterocycles. The summed E-state index contributed by atoms with van der Waals surface area (Å²) in [5.74, 6) is 0. The molecule has 1 nitrogen and oxygen atoms in total. The molecule has 0 aromatic carbocycles. The smallest absolute Gasteiger partial charge is 0.409 e. The number of ether oxygens (including phenoxy) is 1. The minimum atomic E-state index is -4.41. The highest BCUT2D eigenvalue weighted by atomic mass is 35.5. The van der Waals surface area contributed by atoms with Crippen molar-refractivity contribution in [1.29, 1.82) is 0 Å². The van der Waals surface area contributed by atoms with Gasteiger partial charge in [0, 0.05) is 4.88 Å². The van der Waals surface area contributed by atoms with Gasteiger partial charge in [0.25, 0.3) is 0 Å². The van der Waals surface area contributed by atoms with Crippen LogP contribution in [0.25, 0.3) is 0 Å². The van der Waals surface area contributed by atoms with Gasteiger partial charge in [0.1, 0.15) is 0 Å². The van der Waals surface area contributed by atoms with E-state index in [1.807, 2.05) is 0 Å². The summed E-state index contributed by atoms with van der Waals surface area (Å²) in [6, 6.07) is 2.77. The first-order valence-corrected chi connectivity index (χ1v) is 4.55. The second-order valence-corrected chi connectivity index (χ2v) is 3.78. The Morgan fingerprint density at radius 3 is 2.46 bits per heavy atom. The molecule has 13 heavy (non-hydrogen) atoms. The van der Waals surface area contributed by atoms with Gasteiger partial charge in [-0.1, -0.05) is 0 Å². The fourth-order valence-electron chi connectivity index (χ4n) is 0.742. The maximum Gasteiger partial charge on any atom is 0.409 e. The number of alkyl halides is 4. The highest BCUT2D eigenvalue weighted by Crippen LogP contribution is 2.42. The topological polar surface area (TPSA) is 9.23 Å². The van der Waals surface area contributed by atoms with Crippen molar-refractivity contribution in [3.8, 4) is 5.06 Å². The average molecular weight is 231 g/mol. The van der Waals surface area contributed by atoms with Gasteiger partial charge in [0.2, 0.25) is 0 Å². The van der Waals surface area contributed by atoms with Crippen molar-refractivity contribution in [2.24, 2.45) is 0 Å². The number of rotatable bonds is 2. The minimum absolute atomic E-state index is 0.0472. The largest absolute Gasteiger partial charge is 0.487 e. The first kappa shape index (κ1) is 10.7. The summed E-state index contributed by atoms with van der Waals surface area (Å²) in [4.78, 5) is 0.0472. The van der Waals surface area contributed by atoms with Gasteiger partial charge in [-0.25, -0.2) is 0 Å². The van der Waals surface area contributed by atoms with E-state index in [4.69, 9.17) is 16.3 Å². The van der Waals surface area contributed by atoms with E-state index in [2.05, 4.69) is 0 Å². The van der Waals surface area contributed by atoms with E-state index in [0.29, 0.717) is 5.06 Å². The SMILES string of the molecule is COc1ccc(C(Cl)C(F)(F)F)s1. The van der Waals surface area contributed by atoms with Crippen LogP contribution in [-0.4, -0.2) is 13.3 Å². The van der Waals surface area contributed by atoms with Crippen LogP contribution in [0, 0.1) is 0 Å². The molecule has 0 aliphatic carbocycles. The van der Waals surface area contributed by atoms with Crippen molar-refractivity contribution in [3.05, 3.63) is 17.0 Å². The monoisotopic (exact) mass is 230 g/mol. The Morgan fingerprint density at radius 1 is 1.46 bits per heavy atom. The highest BCUT2D eigenvalue weighted by molar-refractivity contribution is 7.14. The third-order valence-corrected chi connectivity index (χ3v) is 3.06. The van der Waals surface area contributed by atoms with Crippen LogP contribution in [0.4, 0.5) is 13.2 Å². The van der Waals surface area contributed by atoms with Crippen LogP contribution in [0.5, 0.6) is 5.06 Å². The van der Waals surface area contributed by atoms with Crippen molar-refractivity contribution in [1.82, 2.24) is 0 Å². The number of hydrogen-bond donors (Lipinski definition) is 0. The first-order valence-electron chi connectivity index (χ1n) is 3.29. The second-order valence-electron chi connectivity index (χ2n) is 2.27. The maximum absolute atomic E-state index is 12.1. The van der Waals surface area contributed by atoms with E-state index >= 15 is 0 Å². The van der Waals surface area contributed by atoms with Crippen molar-refractivity contribution in [2.75, 3.05) is 7.11 Å². The molecule has 1 aromatic heterocycles. The Kier molecular flexibility index (Phi) is 3.08. The van der Waals surface area contributed by atoms with Gasteiger partial charge in [-0.3, -0.25) is 0 Å². The molecule has 6 heteroatoms. The second kappa shape index (κ2) is 3.75. The molecule has 74 valence electrons. The molecule has 1 heterocycles. The van der Waals surface area contributed by atoms with Crippen LogP contribution in [0.15, 0.2) is 12.1 Å². The summed E-state index contributed by atoms with van der Waals surface area (Å²) in [6.45, 7) is 0. The quantitative estimate of drug-likeness (QED) is 0.706. The normalized spacial score (nSPS) is 14.2. The Bertz CT molecular complexity index is 284. The molecule has 1 unspecified atom stereocenters. The molecule has 0 radical (unpaired) electrons. The Labute approximate surface area is 82.1 Å². The number of hydrogen-bond acceptors (Lipinski definition) is 2. The number of thiophene rings is 1. The molecular formula is C7H6ClF3OS. The highest BCUT2D eigenvalue weighted by Gasteiger charge is 2.40. The Hall–Kier alpha value is -0.420. The van der Waals surface area contributed by atoms with E-state index in [1.165, 1.54) is 19.2 Å². The van der Waals surface area contributed by atoms with E-state index in [9.17, 15) is 13.2 Å². The van der Waals surface area contributed by atoms with Crippen LogP contribution in [0.3, 0.4) is 0 Å². The molecule has 0 fully saturated rings. The summed E-state index contributed by atoms with van der Waals surface area (Å²) < 4.78 is 41.0. The third-order valence-electron chi connectivity index (χ3n) is 1.34. The molecule has 0 saturated heterocycles.